The molecule has 0 atom stereocenters. The van der Waals surface area contributed by atoms with Gasteiger partial charge < -0.3 is 30.7 Å². The maximum absolute atomic E-state index is 14.9. The predicted octanol–water partition coefficient (Wildman–Crippen LogP) is 8.52. The first kappa shape index (κ1) is 55.7. The van der Waals surface area contributed by atoms with Crippen LogP contribution in [0.25, 0.3) is 22.5 Å². The predicted molar refractivity (Wildman–Crippen MR) is 281 cm³/mol. The highest BCUT2D eigenvalue weighted by atomic mass is 32.2. The van der Waals surface area contributed by atoms with Crippen LogP contribution in [0.5, 0.6) is 0 Å². The fraction of sp³-hybridized carbons (Fsp3) is 0.321. The number of rotatable bonds is 15. The third-order valence-electron chi connectivity index (χ3n) is 12.7. The summed E-state index contributed by atoms with van der Waals surface area (Å²) in [6, 6.07) is 15.3. The first-order valence-corrected chi connectivity index (χ1v) is 26.3. The zero-order valence-electron chi connectivity index (χ0n) is 43.5. The van der Waals surface area contributed by atoms with Crippen molar-refractivity contribution in [2.24, 2.45) is 0 Å². The van der Waals surface area contributed by atoms with Gasteiger partial charge in [-0.15, -0.1) is 0 Å². The average Bonchev–Trinajstić information content (AvgIpc) is 3.37. The Bertz CT molecular complexity index is 3320. The van der Waals surface area contributed by atoms with Gasteiger partial charge in [-0.05, 0) is 115 Å². The number of amides is 6. The van der Waals surface area contributed by atoms with E-state index in [9.17, 15) is 45.2 Å². The van der Waals surface area contributed by atoms with Gasteiger partial charge >= 0.3 is 12.1 Å². The Kier molecular flexibility index (Phi) is 17.0. The molecule has 0 saturated heterocycles. The molecule has 6 amide bonds. The molecule has 0 fully saturated rings. The van der Waals surface area contributed by atoms with Crippen molar-refractivity contribution in [3.8, 4) is 22.5 Å². The van der Waals surface area contributed by atoms with E-state index in [1.54, 1.807) is 47.1 Å². The van der Waals surface area contributed by atoms with Crippen molar-refractivity contribution in [1.29, 1.82) is 0 Å². The van der Waals surface area contributed by atoms with Crippen LogP contribution in [-0.2, 0) is 22.9 Å². The standard InChI is InChI=1S/C28H33F2N7O2.C25H25F2N5O4S/c1-6-36(7-2)26(38)18-12-11-17(3)19(15-18)23-20-16-32-28(39)37(24-21(29)9-8-10-22(24)30)25(20)34-27(33-23)31-13-14-35(4)5;1-5-31(6-2)23(33)15-11-10-14(3)16(12-15)20-17-13-28-25(34)32(21-18(26)8-7-9-19(21)27)22(17)30-24(29-20)37(4,35)36/h8-12,15H,6-7,13-14,16H2,1-5H3,(H,32,39)(H,31,33,34);7-12H,5-6,13H2,1-4H3,(H,28,34). The van der Waals surface area contributed by atoms with Crippen LogP contribution in [-0.4, -0.2) is 127 Å². The molecule has 76 heavy (non-hydrogen) atoms. The summed E-state index contributed by atoms with van der Waals surface area (Å²) >= 11 is 0. The summed E-state index contributed by atoms with van der Waals surface area (Å²) in [4.78, 5) is 76.6. The molecule has 0 bridgehead atoms. The minimum absolute atomic E-state index is 0.0434. The molecule has 0 aliphatic carbocycles. The zero-order valence-corrected chi connectivity index (χ0v) is 44.3. The molecular formula is C53H58F4N12O6S. The second kappa shape index (κ2) is 23.2. The van der Waals surface area contributed by atoms with E-state index in [2.05, 4.69) is 30.9 Å². The highest BCUT2D eigenvalue weighted by Gasteiger charge is 2.37. The lowest BCUT2D eigenvalue weighted by Crippen LogP contribution is -2.43. The number of aryl methyl sites for hydroxylation is 2. The van der Waals surface area contributed by atoms with Crippen LogP contribution in [0.2, 0.25) is 0 Å². The second-order valence-electron chi connectivity index (χ2n) is 18.0. The number of urea groups is 2. The molecule has 8 rings (SSSR count). The van der Waals surface area contributed by atoms with Gasteiger partial charge in [0, 0.05) is 78.9 Å². The van der Waals surface area contributed by atoms with Crippen LogP contribution in [0.3, 0.4) is 0 Å². The molecule has 2 aromatic heterocycles. The summed E-state index contributed by atoms with van der Waals surface area (Å²) in [6.07, 6.45) is 0.891. The van der Waals surface area contributed by atoms with Gasteiger partial charge in [-0.3, -0.25) is 9.59 Å². The molecular weight excluding hydrogens is 1010 g/mol. The second-order valence-corrected chi connectivity index (χ2v) is 19.9. The quantitative estimate of drug-likeness (QED) is 0.0654. The van der Waals surface area contributed by atoms with E-state index in [1.807, 2.05) is 59.7 Å². The van der Waals surface area contributed by atoms with Gasteiger partial charge in [-0.1, -0.05) is 24.3 Å². The van der Waals surface area contributed by atoms with E-state index < -0.39 is 61.7 Å². The molecule has 0 unspecified atom stereocenters. The van der Waals surface area contributed by atoms with Crippen LogP contribution in [0, 0.1) is 37.1 Å². The number of carbonyl (C=O) groups is 4. The van der Waals surface area contributed by atoms with Crippen LogP contribution in [0.4, 0.5) is 56.1 Å². The van der Waals surface area contributed by atoms with E-state index in [0.29, 0.717) is 83.2 Å². The van der Waals surface area contributed by atoms with Crippen molar-refractivity contribution in [2.75, 3.05) is 74.7 Å². The Morgan fingerprint density at radius 1 is 0.632 bits per heavy atom. The summed E-state index contributed by atoms with van der Waals surface area (Å²) in [6.45, 7) is 14.4. The van der Waals surface area contributed by atoms with Gasteiger partial charge in [-0.2, -0.15) is 9.97 Å². The van der Waals surface area contributed by atoms with Crippen molar-refractivity contribution in [1.82, 2.24) is 45.3 Å². The van der Waals surface area contributed by atoms with Gasteiger partial charge in [-0.25, -0.2) is 55.3 Å². The van der Waals surface area contributed by atoms with Crippen LogP contribution >= 0.6 is 0 Å². The number of anilines is 5. The third kappa shape index (κ3) is 11.4. The van der Waals surface area contributed by atoms with Crippen molar-refractivity contribution < 1.29 is 45.2 Å². The molecule has 4 aromatic carbocycles. The van der Waals surface area contributed by atoms with Crippen molar-refractivity contribution in [3.05, 3.63) is 129 Å². The molecule has 23 heteroatoms. The largest absolute Gasteiger partial charge is 0.353 e. The molecule has 0 radical (unpaired) electrons. The minimum atomic E-state index is -4.01. The Morgan fingerprint density at radius 2 is 1.04 bits per heavy atom. The number of sulfone groups is 1. The van der Waals surface area contributed by atoms with Crippen molar-refractivity contribution in [2.45, 2.75) is 59.8 Å². The number of hydrogen-bond donors (Lipinski definition) is 3. The van der Waals surface area contributed by atoms with E-state index >= 15 is 0 Å². The van der Waals surface area contributed by atoms with Crippen molar-refractivity contribution >= 4 is 62.7 Å². The Labute approximate surface area is 438 Å². The number of hydrogen-bond acceptors (Lipinski definition) is 12. The summed E-state index contributed by atoms with van der Waals surface area (Å²) in [5, 5.41) is 7.78. The van der Waals surface area contributed by atoms with E-state index in [1.165, 1.54) is 6.07 Å². The average molecular weight is 1070 g/mol. The number of nitrogens with zero attached hydrogens (tertiary/aromatic N) is 9. The number of halogens is 4. The molecule has 4 heterocycles. The fourth-order valence-electron chi connectivity index (χ4n) is 8.61. The lowest BCUT2D eigenvalue weighted by Gasteiger charge is -2.31. The lowest BCUT2D eigenvalue weighted by atomic mass is 9.97. The highest BCUT2D eigenvalue weighted by Crippen LogP contribution is 2.41. The van der Waals surface area contributed by atoms with Gasteiger partial charge in [0.05, 0.1) is 24.5 Å². The summed E-state index contributed by atoms with van der Waals surface area (Å²) in [5.41, 5.74) is 3.51. The summed E-state index contributed by atoms with van der Waals surface area (Å²) in [5.74, 6) is -4.21. The SMILES string of the molecule is CCN(CC)C(=O)c1ccc(C)c(-c2nc(NCCN(C)C)nc3c2CNC(=O)N3c2c(F)cccc2F)c1.CCN(CC)C(=O)c1ccc(C)c(-c2nc(S(C)(=O)=O)nc3c2CNC(=O)N3c2c(F)cccc2F)c1. The van der Waals surface area contributed by atoms with Crippen molar-refractivity contribution in [3.63, 3.8) is 0 Å². The van der Waals surface area contributed by atoms with Gasteiger partial charge in [0.2, 0.25) is 20.9 Å². The Balaban J connectivity index is 0.000000221. The molecule has 400 valence electrons. The fourth-order valence-corrected chi connectivity index (χ4v) is 9.12. The van der Waals surface area contributed by atoms with Crippen LogP contribution < -0.4 is 25.8 Å². The van der Waals surface area contributed by atoms with Gasteiger partial charge in [0.1, 0.15) is 34.6 Å². The maximum atomic E-state index is 14.9. The number of benzene rings is 4. The number of fused-ring (bicyclic) bond motifs is 2. The van der Waals surface area contributed by atoms with E-state index in [-0.39, 0.29) is 53.7 Å². The normalized spacial score (nSPS) is 13.0. The number of likely N-dealkylation sites (N-methyl/N-ethyl adjacent to an activating group) is 1. The van der Waals surface area contributed by atoms with E-state index in [0.717, 1.165) is 47.1 Å². The third-order valence-corrected chi connectivity index (χ3v) is 13.5. The Hall–Kier alpha value is -8.05. The summed E-state index contributed by atoms with van der Waals surface area (Å²) < 4.78 is 84.4. The maximum Gasteiger partial charge on any atom is 0.328 e. The van der Waals surface area contributed by atoms with Crippen LogP contribution in [0.1, 0.15) is 70.7 Å². The monoisotopic (exact) mass is 1070 g/mol. The Morgan fingerprint density at radius 3 is 1.43 bits per heavy atom. The molecule has 6 aromatic rings. The smallest absolute Gasteiger partial charge is 0.328 e. The molecule has 3 N–H and O–H groups in total. The molecule has 2 aliphatic rings. The minimum Gasteiger partial charge on any atom is -0.353 e. The zero-order chi connectivity index (χ0) is 55.3. The molecule has 2 aliphatic heterocycles. The molecule has 18 nitrogen and oxygen atoms in total. The first-order chi connectivity index (χ1) is 36.1. The topological polar surface area (TPSA) is 206 Å². The number of carbonyl (C=O) groups excluding carboxylic acids is 4. The van der Waals surface area contributed by atoms with Gasteiger partial charge in [0.15, 0.2) is 11.6 Å². The van der Waals surface area contributed by atoms with E-state index in [4.69, 9.17) is 4.98 Å². The number of nitrogens with one attached hydrogen (secondary N) is 3. The number of para-hydroxylation sites is 2. The number of aromatic nitrogens is 4. The van der Waals surface area contributed by atoms with Gasteiger partial charge in [0.25, 0.3) is 11.8 Å². The molecule has 0 spiro atoms. The first-order valence-electron chi connectivity index (χ1n) is 24.4. The summed E-state index contributed by atoms with van der Waals surface area (Å²) in [7, 11) is -0.162. The highest BCUT2D eigenvalue weighted by molar-refractivity contribution is 7.90. The lowest BCUT2D eigenvalue weighted by molar-refractivity contribution is 0.0765. The van der Waals surface area contributed by atoms with Crippen LogP contribution in [0.15, 0.2) is 78.0 Å². The molecule has 0 saturated carbocycles.